The first-order valence-corrected chi connectivity index (χ1v) is 14.9. The largest absolute Gasteiger partial charge is 0.493 e. The summed E-state index contributed by atoms with van der Waals surface area (Å²) in [6, 6.07) is 11.6. The van der Waals surface area contributed by atoms with Gasteiger partial charge in [0.25, 0.3) is 5.91 Å². The van der Waals surface area contributed by atoms with Gasteiger partial charge in [-0.1, -0.05) is 53.0 Å². The second-order valence-corrected chi connectivity index (χ2v) is 11.7. The molecule has 0 saturated heterocycles. The maximum atomic E-state index is 13.1. The zero-order valence-corrected chi connectivity index (χ0v) is 25.1. The van der Waals surface area contributed by atoms with Gasteiger partial charge in [-0.25, -0.2) is 10.1 Å². The molecule has 0 aliphatic carbocycles. The fourth-order valence-electron chi connectivity index (χ4n) is 3.74. The number of ether oxygens (including phenoxy) is 2. The fraction of sp³-hybridized carbons (Fsp3) is 0.240. The molecule has 5 rings (SSSR count). The number of thioether (sulfide) groups is 2. The summed E-state index contributed by atoms with van der Waals surface area (Å²) in [5, 5.41) is 19.6. The lowest BCUT2D eigenvalue weighted by Gasteiger charge is -2.14. The van der Waals surface area contributed by atoms with Crippen molar-refractivity contribution in [1.29, 1.82) is 0 Å². The molecule has 0 radical (unpaired) electrons. The molecule has 212 valence electrons. The molecule has 1 amide bonds. The predicted molar refractivity (Wildman–Crippen MR) is 161 cm³/mol. The molecule has 0 bridgehead atoms. The summed E-state index contributed by atoms with van der Waals surface area (Å²) in [4.78, 5) is 17.5. The lowest BCUT2D eigenvalue weighted by atomic mass is 10.1. The number of halogens is 1. The Hall–Kier alpha value is -3.89. The second kappa shape index (κ2) is 13.2. The lowest BCUT2D eigenvalue weighted by Crippen LogP contribution is -2.20. The Morgan fingerprint density at radius 2 is 2.20 bits per heavy atom. The number of nitrogens with one attached hydrogen (secondary N) is 1. The molecule has 16 heteroatoms. The highest BCUT2D eigenvalue weighted by Gasteiger charge is 2.25. The first-order valence-electron chi connectivity index (χ1n) is 12.2. The van der Waals surface area contributed by atoms with Gasteiger partial charge >= 0.3 is 0 Å². The van der Waals surface area contributed by atoms with E-state index in [-0.39, 0.29) is 17.3 Å². The van der Waals surface area contributed by atoms with Gasteiger partial charge in [-0.2, -0.15) is 9.78 Å². The molecular weight excluding hydrogens is 634 g/mol. The third-order valence-electron chi connectivity index (χ3n) is 5.83. The van der Waals surface area contributed by atoms with E-state index in [4.69, 9.17) is 19.8 Å². The van der Waals surface area contributed by atoms with E-state index >= 15 is 0 Å². The predicted octanol–water partition coefficient (Wildman–Crippen LogP) is 3.99. The van der Waals surface area contributed by atoms with Gasteiger partial charge in [-0.15, -0.1) is 5.10 Å². The van der Waals surface area contributed by atoms with E-state index in [9.17, 15) is 4.79 Å². The summed E-state index contributed by atoms with van der Waals surface area (Å²) in [6.45, 7) is 3.17. The van der Waals surface area contributed by atoms with Gasteiger partial charge in [-0.3, -0.25) is 9.79 Å². The minimum absolute atomic E-state index is 0.0181. The van der Waals surface area contributed by atoms with Gasteiger partial charge in [0.1, 0.15) is 11.0 Å². The van der Waals surface area contributed by atoms with Crippen molar-refractivity contribution in [3.8, 4) is 17.3 Å². The quantitative estimate of drug-likeness (QED) is 0.187. The first kappa shape index (κ1) is 28.6. The van der Waals surface area contributed by atoms with Crippen molar-refractivity contribution >= 4 is 61.8 Å². The Labute approximate surface area is 251 Å². The Morgan fingerprint density at radius 3 is 2.93 bits per heavy atom. The van der Waals surface area contributed by atoms with Crippen molar-refractivity contribution in [2.24, 2.45) is 10.1 Å². The number of nitrogens with zero attached hydrogens (tertiary/aromatic N) is 7. The minimum Gasteiger partial charge on any atom is -0.493 e. The lowest BCUT2D eigenvalue weighted by molar-refractivity contribution is 0.0949. The Kier molecular flexibility index (Phi) is 9.21. The summed E-state index contributed by atoms with van der Waals surface area (Å²) in [6.07, 6.45) is 1.48. The van der Waals surface area contributed by atoms with Gasteiger partial charge in [0.15, 0.2) is 17.2 Å². The third-order valence-corrected chi connectivity index (χ3v) is 8.68. The summed E-state index contributed by atoms with van der Waals surface area (Å²) >= 11 is 6.67. The van der Waals surface area contributed by atoms with Crippen molar-refractivity contribution in [3.63, 3.8) is 0 Å². The highest BCUT2D eigenvalue weighted by molar-refractivity contribution is 9.10. The van der Waals surface area contributed by atoms with Crippen LogP contribution in [0.2, 0.25) is 0 Å². The fourth-order valence-corrected chi connectivity index (χ4v) is 6.32. The van der Waals surface area contributed by atoms with Crippen LogP contribution in [0.1, 0.15) is 32.9 Å². The number of anilines is 1. The number of aromatic nitrogens is 5. The number of aryl methyl sites for hydroxylation is 1. The maximum absolute atomic E-state index is 13.1. The molecule has 0 spiro atoms. The number of benzene rings is 2. The molecule has 2 aromatic carbocycles. The van der Waals surface area contributed by atoms with Gasteiger partial charge in [0, 0.05) is 11.5 Å². The summed E-state index contributed by atoms with van der Waals surface area (Å²) in [5.41, 5.74) is 11.7. The smallest absolute Gasteiger partial charge is 0.293 e. The molecule has 1 aliphatic rings. The Morgan fingerprint density at radius 1 is 1.34 bits per heavy atom. The molecule has 3 N–H and O–H groups in total. The van der Waals surface area contributed by atoms with E-state index in [1.54, 1.807) is 24.9 Å². The number of carbonyl (C=O) groups excluding carboxylic acids is 1. The SMILES string of the molecule is COc1cc(C=NNC(=O)c2nnn(-c3nonc3N)c2CSC2=NCCS2)cc(Br)c1OCc1ccccc1C. The molecule has 0 saturated carbocycles. The van der Waals surface area contributed by atoms with Crippen LogP contribution < -0.4 is 20.6 Å². The van der Waals surface area contributed by atoms with Crippen LogP contribution in [0, 0.1) is 6.92 Å². The average molecular weight is 659 g/mol. The van der Waals surface area contributed by atoms with Crippen LogP contribution in [0.15, 0.2) is 55.6 Å². The summed E-state index contributed by atoms with van der Waals surface area (Å²) < 4.78 is 19.2. The molecule has 13 nitrogen and oxygen atoms in total. The van der Waals surface area contributed by atoms with Crippen LogP contribution in [0.5, 0.6) is 11.5 Å². The number of hydrogen-bond donors (Lipinski definition) is 2. The number of rotatable bonds is 10. The van der Waals surface area contributed by atoms with Gasteiger partial charge in [-0.05, 0) is 62.0 Å². The number of nitrogen functional groups attached to an aromatic ring is 1. The summed E-state index contributed by atoms with van der Waals surface area (Å²) in [5.74, 6) is 1.91. The number of hydrazone groups is 1. The highest BCUT2D eigenvalue weighted by atomic mass is 79.9. The average Bonchev–Trinajstić information content (AvgIpc) is 3.73. The van der Waals surface area contributed by atoms with E-state index in [2.05, 4.69) is 52.1 Å². The molecule has 3 heterocycles. The van der Waals surface area contributed by atoms with Crippen LogP contribution in [0.3, 0.4) is 0 Å². The molecular formula is C25H24BrN9O4S2. The molecule has 0 fully saturated rings. The van der Waals surface area contributed by atoms with E-state index in [1.165, 1.54) is 22.7 Å². The van der Waals surface area contributed by atoms with Crippen LogP contribution >= 0.6 is 39.5 Å². The van der Waals surface area contributed by atoms with E-state index in [0.717, 1.165) is 27.8 Å². The molecule has 41 heavy (non-hydrogen) atoms. The van der Waals surface area contributed by atoms with Crippen molar-refractivity contribution in [2.75, 3.05) is 25.1 Å². The van der Waals surface area contributed by atoms with Crippen molar-refractivity contribution in [2.45, 2.75) is 19.3 Å². The van der Waals surface area contributed by atoms with Crippen molar-refractivity contribution in [1.82, 2.24) is 30.7 Å². The minimum atomic E-state index is -0.566. The number of hydrogen-bond acceptors (Lipinski definition) is 13. The molecule has 4 aromatic rings. The van der Waals surface area contributed by atoms with Crippen LogP contribution in [0.4, 0.5) is 5.82 Å². The third kappa shape index (κ3) is 6.71. The van der Waals surface area contributed by atoms with E-state index in [0.29, 0.717) is 39.6 Å². The van der Waals surface area contributed by atoms with E-state index < -0.39 is 5.91 Å². The topological polar surface area (TPSA) is 168 Å². The number of methoxy groups -OCH3 is 1. The Bertz CT molecular complexity index is 1620. The maximum Gasteiger partial charge on any atom is 0.293 e. The normalized spacial score (nSPS) is 13.0. The number of carbonyl (C=O) groups is 1. The van der Waals surface area contributed by atoms with Crippen LogP contribution in [-0.4, -0.2) is 61.2 Å². The van der Waals surface area contributed by atoms with Gasteiger partial charge < -0.3 is 15.2 Å². The molecule has 1 aliphatic heterocycles. The van der Waals surface area contributed by atoms with E-state index in [1.807, 2.05) is 37.3 Å². The molecule has 2 aromatic heterocycles. The van der Waals surface area contributed by atoms with Crippen LogP contribution in [0.25, 0.3) is 5.82 Å². The second-order valence-electron chi connectivity index (χ2n) is 8.50. The van der Waals surface area contributed by atoms with Crippen molar-refractivity contribution < 1.29 is 18.9 Å². The summed E-state index contributed by atoms with van der Waals surface area (Å²) in [7, 11) is 1.56. The first-order chi connectivity index (χ1) is 19.9. The Balaban J connectivity index is 1.30. The molecule has 0 atom stereocenters. The highest BCUT2D eigenvalue weighted by Crippen LogP contribution is 2.37. The number of aliphatic imine (C=N–C) groups is 1. The molecule has 0 unspecified atom stereocenters. The number of amides is 1. The van der Waals surface area contributed by atoms with Gasteiger partial charge in [0.2, 0.25) is 11.6 Å². The van der Waals surface area contributed by atoms with Crippen LogP contribution in [-0.2, 0) is 12.4 Å². The monoisotopic (exact) mass is 657 g/mol. The standard InChI is InChI=1S/C25H24BrN9O4S2/c1-14-5-3-4-6-16(14)12-38-21-17(26)9-15(10-19(21)37-2)11-29-31-24(36)20-18(13-41-25-28-7-8-40-25)35(34-30-20)23-22(27)32-39-33-23/h3-6,9-11H,7-8,12-13H2,1-2H3,(H2,27,32)(H,31,36). The van der Waals surface area contributed by atoms with Crippen molar-refractivity contribution in [3.05, 3.63) is 68.9 Å². The number of nitrogens with two attached hydrogens (primary N) is 1. The zero-order valence-electron chi connectivity index (χ0n) is 21.9. The zero-order chi connectivity index (χ0) is 28.8. The van der Waals surface area contributed by atoms with Gasteiger partial charge in [0.05, 0.1) is 30.0 Å².